The van der Waals surface area contributed by atoms with Crippen molar-refractivity contribution in [3.63, 3.8) is 0 Å². The Morgan fingerprint density at radius 1 is 1.14 bits per heavy atom. The third kappa shape index (κ3) is 1.13. The first-order valence-corrected chi connectivity index (χ1v) is 5.55. The zero-order chi connectivity index (χ0) is 9.54. The number of nitrogens with zero attached hydrogens (tertiary/aromatic N) is 2. The molecule has 3 heterocycles. The Bertz CT molecular complexity index is 311. The Morgan fingerprint density at radius 3 is 2.29 bits per heavy atom. The molecule has 0 atom stereocenters. The maximum Gasteiger partial charge on any atom is 0.128 e. The monoisotopic (exact) mass is 188 g/mol. The summed E-state index contributed by atoms with van der Waals surface area (Å²) in [4.78, 5) is 7.07. The lowest BCUT2D eigenvalue weighted by Crippen LogP contribution is -2.28. The van der Waals surface area contributed by atoms with Crippen molar-refractivity contribution in [2.45, 2.75) is 44.7 Å². The van der Waals surface area contributed by atoms with E-state index in [4.69, 9.17) is 0 Å². The van der Waals surface area contributed by atoms with Crippen LogP contribution in [0.15, 0.2) is 18.3 Å². The minimum absolute atomic E-state index is 0.787. The van der Waals surface area contributed by atoms with E-state index >= 15 is 0 Å². The third-order valence-corrected chi connectivity index (χ3v) is 3.61. The molecule has 2 saturated heterocycles. The number of hydrogen-bond acceptors (Lipinski definition) is 2. The summed E-state index contributed by atoms with van der Waals surface area (Å²) < 4.78 is 0. The van der Waals surface area contributed by atoms with E-state index in [0.717, 1.165) is 12.1 Å². The van der Waals surface area contributed by atoms with Crippen LogP contribution >= 0.6 is 0 Å². The molecule has 2 nitrogen and oxygen atoms in total. The van der Waals surface area contributed by atoms with E-state index in [-0.39, 0.29) is 0 Å². The number of anilines is 1. The molecule has 0 N–H and O–H groups in total. The molecule has 3 rings (SSSR count). The molecule has 0 radical (unpaired) electrons. The van der Waals surface area contributed by atoms with Gasteiger partial charge in [0.1, 0.15) is 5.82 Å². The van der Waals surface area contributed by atoms with Crippen LogP contribution < -0.4 is 4.90 Å². The van der Waals surface area contributed by atoms with E-state index in [9.17, 15) is 0 Å². The topological polar surface area (TPSA) is 16.1 Å². The summed E-state index contributed by atoms with van der Waals surface area (Å²) in [6.45, 7) is 2.09. The van der Waals surface area contributed by atoms with Crippen molar-refractivity contribution in [3.05, 3.63) is 23.9 Å². The van der Waals surface area contributed by atoms with Gasteiger partial charge in [-0.1, -0.05) is 6.07 Å². The number of aryl methyl sites for hydroxylation is 1. The second-order valence-corrected chi connectivity index (χ2v) is 4.56. The molecule has 0 amide bonds. The average molecular weight is 188 g/mol. The van der Waals surface area contributed by atoms with Crippen LogP contribution in [-0.4, -0.2) is 17.1 Å². The summed E-state index contributed by atoms with van der Waals surface area (Å²) in [7, 11) is 0. The van der Waals surface area contributed by atoms with Crippen molar-refractivity contribution in [1.82, 2.24) is 4.98 Å². The van der Waals surface area contributed by atoms with Gasteiger partial charge in [0.2, 0.25) is 0 Å². The van der Waals surface area contributed by atoms with Gasteiger partial charge in [-0.3, -0.25) is 0 Å². The number of aromatic nitrogens is 1. The molecule has 74 valence electrons. The zero-order valence-electron chi connectivity index (χ0n) is 8.61. The highest BCUT2D eigenvalue weighted by molar-refractivity contribution is 5.45. The van der Waals surface area contributed by atoms with Crippen LogP contribution in [0.2, 0.25) is 0 Å². The van der Waals surface area contributed by atoms with Crippen LogP contribution in [0.25, 0.3) is 0 Å². The third-order valence-electron chi connectivity index (χ3n) is 3.61. The molecule has 0 unspecified atom stereocenters. The minimum Gasteiger partial charge on any atom is -0.351 e. The highest BCUT2D eigenvalue weighted by atomic mass is 15.3. The Hall–Kier alpha value is -1.05. The second kappa shape index (κ2) is 2.97. The minimum atomic E-state index is 0.787. The molecule has 2 bridgehead atoms. The molecule has 2 aliphatic heterocycles. The molecule has 0 aliphatic carbocycles. The van der Waals surface area contributed by atoms with E-state index in [1.807, 2.05) is 6.20 Å². The molecular formula is C12H16N2. The molecule has 1 aromatic rings. The molecule has 0 saturated carbocycles. The molecule has 0 spiro atoms. The maximum absolute atomic E-state index is 4.53. The standard InChI is InChI=1S/C12H16N2/c1-9-2-7-12(13-8-9)14-10-3-4-11(14)6-5-10/h2,7-8,10-11H,3-6H2,1H3. The van der Waals surface area contributed by atoms with Gasteiger partial charge in [-0.05, 0) is 44.2 Å². The average Bonchev–Trinajstić information content (AvgIpc) is 2.78. The van der Waals surface area contributed by atoms with Crippen LogP contribution in [0.1, 0.15) is 31.2 Å². The Labute approximate surface area is 85.0 Å². The van der Waals surface area contributed by atoms with Crippen molar-refractivity contribution in [3.8, 4) is 0 Å². The SMILES string of the molecule is Cc1ccc(N2C3CCC2CC3)nc1. The van der Waals surface area contributed by atoms with Crippen LogP contribution in [0.3, 0.4) is 0 Å². The summed E-state index contributed by atoms with van der Waals surface area (Å²) in [6, 6.07) is 5.91. The van der Waals surface area contributed by atoms with Gasteiger partial charge in [-0.2, -0.15) is 0 Å². The van der Waals surface area contributed by atoms with Gasteiger partial charge in [0.05, 0.1) is 0 Å². The lowest BCUT2D eigenvalue weighted by atomic mass is 10.0. The van der Waals surface area contributed by atoms with Gasteiger partial charge in [-0.25, -0.2) is 4.98 Å². The Kier molecular flexibility index (Phi) is 1.76. The first-order chi connectivity index (χ1) is 6.84. The molecular weight excluding hydrogens is 172 g/mol. The first-order valence-electron chi connectivity index (χ1n) is 5.55. The van der Waals surface area contributed by atoms with Gasteiger partial charge in [0.25, 0.3) is 0 Å². The van der Waals surface area contributed by atoms with Crippen LogP contribution in [0.4, 0.5) is 5.82 Å². The largest absolute Gasteiger partial charge is 0.351 e. The van der Waals surface area contributed by atoms with Crippen LogP contribution in [-0.2, 0) is 0 Å². The highest BCUT2D eigenvalue weighted by Gasteiger charge is 2.39. The Morgan fingerprint density at radius 2 is 1.79 bits per heavy atom. The summed E-state index contributed by atoms with van der Waals surface area (Å²) in [6.07, 6.45) is 7.48. The molecule has 2 aliphatic rings. The molecule has 1 aromatic heterocycles. The summed E-state index contributed by atoms with van der Waals surface area (Å²) in [5, 5.41) is 0. The highest BCUT2D eigenvalue weighted by Crippen LogP contribution is 2.39. The number of hydrogen-bond donors (Lipinski definition) is 0. The predicted octanol–water partition coefficient (Wildman–Crippen LogP) is 2.52. The van der Waals surface area contributed by atoms with Crippen LogP contribution in [0.5, 0.6) is 0 Å². The van der Waals surface area contributed by atoms with Crippen molar-refractivity contribution < 1.29 is 0 Å². The summed E-state index contributed by atoms with van der Waals surface area (Å²) in [5.41, 5.74) is 1.25. The van der Waals surface area contributed by atoms with E-state index < -0.39 is 0 Å². The van der Waals surface area contributed by atoms with Crippen molar-refractivity contribution in [2.75, 3.05) is 4.90 Å². The fraction of sp³-hybridized carbons (Fsp3) is 0.583. The van der Waals surface area contributed by atoms with E-state index in [1.165, 1.54) is 37.1 Å². The fourth-order valence-corrected chi connectivity index (χ4v) is 2.90. The lowest BCUT2D eigenvalue weighted by molar-refractivity contribution is 0.576. The summed E-state index contributed by atoms with van der Waals surface area (Å²) in [5.74, 6) is 1.20. The molecule has 14 heavy (non-hydrogen) atoms. The number of pyridine rings is 1. The van der Waals surface area contributed by atoms with E-state index in [2.05, 4.69) is 28.9 Å². The quantitative estimate of drug-likeness (QED) is 0.673. The molecule has 2 heteroatoms. The number of fused-ring (bicyclic) bond motifs is 2. The van der Waals surface area contributed by atoms with Crippen molar-refractivity contribution in [1.29, 1.82) is 0 Å². The smallest absolute Gasteiger partial charge is 0.128 e. The normalized spacial score (nSPS) is 29.9. The lowest BCUT2D eigenvalue weighted by Gasteiger charge is -2.23. The van der Waals surface area contributed by atoms with Gasteiger partial charge in [-0.15, -0.1) is 0 Å². The number of rotatable bonds is 1. The zero-order valence-corrected chi connectivity index (χ0v) is 8.61. The van der Waals surface area contributed by atoms with Crippen molar-refractivity contribution in [2.24, 2.45) is 0 Å². The van der Waals surface area contributed by atoms with Gasteiger partial charge in [0, 0.05) is 18.3 Å². The summed E-state index contributed by atoms with van der Waals surface area (Å²) >= 11 is 0. The fourth-order valence-electron chi connectivity index (χ4n) is 2.90. The Balaban J connectivity index is 1.92. The van der Waals surface area contributed by atoms with Gasteiger partial charge < -0.3 is 4.90 Å². The second-order valence-electron chi connectivity index (χ2n) is 4.56. The molecule has 0 aromatic carbocycles. The first kappa shape index (κ1) is 8.27. The van der Waals surface area contributed by atoms with Gasteiger partial charge >= 0.3 is 0 Å². The predicted molar refractivity (Wildman–Crippen MR) is 57.5 cm³/mol. The van der Waals surface area contributed by atoms with Gasteiger partial charge in [0.15, 0.2) is 0 Å². The maximum atomic E-state index is 4.53. The van der Waals surface area contributed by atoms with E-state index in [1.54, 1.807) is 0 Å². The van der Waals surface area contributed by atoms with Crippen LogP contribution in [0, 0.1) is 6.92 Å². The van der Waals surface area contributed by atoms with Crippen molar-refractivity contribution >= 4 is 5.82 Å². The van der Waals surface area contributed by atoms with E-state index in [0.29, 0.717) is 0 Å². The molecule has 2 fully saturated rings.